The van der Waals surface area contributed by atoms with Crippen LogP contribution in [0.1, 0.15) is 31.9 Å². The van der Waals surface area contributed by atoms with Crippen molar-refractivity contribution in [3.05, 3.63) is 35.4 Å². The molecule has 2 heteroatoms. The van der Waals surface area contributed by atoms with Crippen molar-refractivity contribution in [2.75, 3.05) is 7.11 Å². The van der Waals surface area contributed by atoms with Crippen molar-refractivity contribution in [2.45, 2.75) is 26.2 Å². The highest BCUT2D eigenvalue weighted by Gasteiger charge is 2.12. The number of carbonyl (C=O) groups excluding carboxylic acids is 1. The minimum atomic E-state index is -0.513. The fourth-order valence-corrected chi connectivity index (χ4v) is 1.24. The molecule has 0 saturated carbocycles. The molecule has 0 fully saturated rings. The second-order valence-corrected chi connectivity index (χ2v) is 4.57. The van der Waals surface area contributed by atoms with Crippen LogP contribution in [0, 0.1) is 11.8 Å². The highest BCUT2D eigenvalue weighted by molar-refractivity contribution is 5.89. The average Bonchev–Trinajstić information content (AvgIpc) is 2.25. The fourth-order valence-electron chi connectivity index (χ4n) is 1.24. The van der Waals surface area contributed by atoms with Gasteiger partial charge in [0.15, 0.2) is 0 Å². The Balaban J connectivity index is 2.99. The second kappa shape index (κ2) is 4.85. The van der Waals surface area contributed by atoms with Gasteiger partial charge in [-0.15, -0.1) is 0 Å². The van der Waals surface area contributed by atoms with E-state index < -0.39 is 5.97 Å². The van der Waals surface area contributed by atoms with Crippen LogP contribution in [0.15, 0.2) is 24.3 Å². The number of hydrogen-bond acceptors (Lipinski definition) is 2. The average molecular weight is 216 g/mol. The Labute approximate surface area is 96.6 Å². The van der Waals surface area contributed by atoms with Gasteiger partial charge in [0, 0.05) is 11.5 Å². The third kappa shape index (κ3) is 3.43. The van der Waals surface area contributed by atoms with Gasteiger partial charge in [-0.1, -0.05) is 38.8 Å². The van der Waals surface area contributed by atoms with Crippen LogP contribution in [0.4, 0.5) is 0 Å². The van der Waals surface area contributed by atoms with Gasteiger partial charge in [-0.05, 0) is 23.1 Å². The summed E-state index contributed by atoms with van der Waals surface area (Å²) in [7, 11) is 1.32. The van der Waals surface area contributed by atoms with Gasteiger partial charge < -0.3 is 4.74 Å². The molecule has 0 amide bonds. The number of hydrogen-bond donors (Lipinski definition) is 0. The van der Waals surface area contributed by atoms with E-state index in [1.54, 1.807) is 0 Å². The van der Waals surface area contributed by atoms with E-state index in [0.717, 1.165) is 5.56 Å². The second-order valence-electron chi connectivity index (χ2n) is 4.57. The highest BCUT2D eigenvalue weighted by Crippen LogP contribution is 2.22. The van der Waals surface area contributed by atoms with E-state index in [-0.39, 0.29) is 5.41 Å². The van der Waals surface area contributed by atoms with E-state index in [0.29, 0.717) is 0 Å². The third-order valence-electron chi connectivity index (χ3n) is 2.22. The zero-order valence-corrected chi connectivity index (χ0v) is 10.1. The highest BCUT2D eigenvalue weighted by atomic mass is 16.5. The molecule has 1 aromatic rings. The molecular weight excluding hydrogens is 200 g/mol. The summed E-state index contributed by atoms with van der Waals surface area (Å²) in [4.78, 5) is 10.9. The summed E-state index contributed by atoms with van der Waals surface area (Å²) in [5.74, 6) is 4.69. The summed E-state index contributed by atoms with van der Waals surface area (Å²) in [6.45, 7) is 6.42. The van der Waals surface area contributed by atoms with Crippen LogP contribution in [0.25, 0.3) is 0 Å². The number of carbonyl (C=O) groups is 1. The predicted molar refractivity (Wildman–Crippen MR) is 64.0 cm³/mol. The van der Waals surface area contributed by atoms with Crippen molar-refractivity contribution < 1.29 is 9.53 Å². The molecule has 0 bridgehead atoms. The molecule has 0 aliphatic carbocycles. The van der Waals surface area contributed by atoms with Crippen molar-refractivity contribution in [3.63, 3.8) is 0 Å². The molecule has 84 valence electrons. The summed E-state index contributed by atoms with van der Waals surface area (Å²) >= 11 is 0. The maximum absolute atomic E-state index is 10.9. The molecule has 1 aromatic carbocycles. The van der Waals surface area contributed by atoms with Gasteiger partial charge in [0.05, 0.1) is 7.11 Å². The van der Waals surface area contributed by atoms with Gasteiger partial charge >= 0.3 is 5.97 Å². The molecule has 16 heavy (non-hydrogen) atoms. The van der Waals surface area contributed by atoms with Gasteiger partial charge in [-0.25, -0.2) is 4.79 Å². The summed E-state index contributed by atoms with van der Waals surface area (Å²) in [5.41, 5.74) is 2.12. The Morgan fingerprint density at radius 3 is 2.56 bits per heavy atom. The number of ether oxygens (including phenoxy) is 1. The zero-order valence-electron chi connectivity index (χ0n) is 10.1. The molecule has 0 unspecified atom stereocenters. The summed E-state index contributed by atoms with van der Waals surface area (Å²) < 4.78 is 4.46. The molecule has 1 rings (SSSR count). The zero-order chi connectivity index (χ0) is 12.2. The van der Waals surface area contributed by atoms with Crippen LogP contribution in [-0.4, -0.2) is 13.1 Å². The first-order valence-electron chi connectivity index (χ1n) is 5.14. The van der Waals surface area contributed by atoms with Crippen molar-refractivity contribution in [2.24, 2.45) is 0 Å². The van der Waals surface area contributed by atoms with Gasteiger partial charge in [-0.3, -0.25) is 0 Å². The first-order chi connectivity index (χ1) is 7.43. The Bertz CT molecular complexity index is 442. The lowest BCUT2D eigenvalue weighted by atomic mass is 9.86. The number of methoxy groups -OCH3 is 1. The first kappa shape index (κ1) is 12.3. The number of esters is 1. The molecule has 0 aliphatic heterocycles. The van der Waals surface area contributed by atoms with E-state index in [1.807, 2.05) is 18.2 Å². The molecule has 0 heterocycles. The first-order valence-corrected chi connectivity index (χ1v) is 5.14. The van der Waals surface area contributed by atoms with Crippen molar-refractivity contribution in [1.82, 2.24) is 0 Å². The van der Waals surface area contributed by atoms with Crippen LogP contribution >= 0.6 is 0 Å². The summed E-state index contributed by atoms with van der Waals surface area (Å²) in [5, 5.41) is 0. The Morgan fingerprint density at radius 2 is 2.00 bits per heavy atom. The van der Waals surface area contributed by atoms with E-state index in [4.69, 9.17) is 0 Å². The normalized spacial score (nSPS) is 10.2. The van der Waals surface area contributed by atoms with E-state index in [2.05, 4.69) is 43.4 Å². The monoisotopic (exact) mass is 216 g/mol. The lowest BCUT2D eigenvalue weighted by Crippen LogP contribution is -2.10. The molecule has 0 aromatic heterocycles. The lowest BCUT2D eigenvalue weighted by molar-refractivity contribution is -0.133. The smallest absolute Gasteiger partial charge is 0.384 e. The SMILES string of the molecule is COC(=O)C#Cc1cccc(C(C)(C)C)c1. The lowest BCUT2D eigenvalue weighted by Gasteiger charge is -2.18. The molecule has 0 radical (unpaired) electrons. The van der Waals surface area contributed by atoms with Crippen LogP contribution in [0.3, 0.4) is 0 Å². The number of rotatable bonds is 0. The quantitative estimate of drug-likeness (QED) is 0.492. The molecule has 0 atom stereocenters. The van der Waals surface area contributed by atoms with Crippen molar-refractivity contribution >= 4 is 5.97 Å². The fraction of sp³-hybridized carbons (Fsp3) is 0.357. The van der Waals surface area contributed by atoms with E-state index in [9.17, 15) is 4.79 Å². The Kier molecular flexibility index (Phi) is 3.73. The minimum Gasteiger partial charge on any atom is -0.459 e. The summed E-state index contributed by atoms with van der Waals surface area (Å²) in [6, 6.07) is 7.88. The topological polar surface area (TPSA) is 26.3 Å². The maximum Gasteiger partial charge on any atom is 0.384 e. The van der Waals surface area contributed by atoms with E-state index >= 15 is 0 Å². The van der Waals surface area contributed by atoms with Crippen molar-refractivity contribution in [3.8, 4) is 11.8 Å². The van der Waals surface area contributed by atoms with Gasteiger partial charge in [0.2, 0.25) is 0 Å². The van der Waals surface area contributed by atoms with Gasteiger partial charge in [0.25, 0.3) is 0 Å². The van der Waals surface area contributed by atoms with Gasteiger partial charge in [-0.2, -0.15) is 0 Å². The van der Waals surface area contributed by atoms with E-state index in [1.165, 1.54) is 12.7 Å². The minimum absolute atomic E-state index is 0.0863. The Morgan fingerprint density at radius 1 is 1.31 bits per heavy atom. The predicted octanol–water partition coefficient (Wildman–Crippen LogP) is 2.51. The molecule has 0 N–H and O–H groups in total. The van der Waals surface area contributed by atoms with Crippen LogP contribution < -0.4 is 0 Å². The molecule has 2 nitrogen and oxygen atoms in total. The molecule has 0 saturated heterocycles. The molecular formula is C14H16O2. The number of benzene rings is 1. The maximum atomic E-state index is 10.9. The standard InChI is InChI=1S/C14H16O2/c1-14(2,3)12-7-5-6-11(10-12)8-9-13(15)16-4/h5-7,10H,1-4H3. The molecule has 0 aliphatic rings. The van der Waals surface area contributed by atoms with Crippen LogP contribution in [0.2, 0.25) is 0 Å². The van der Waals surface area contributed by atoms with Gasteiger partial charge in [0.1, 0.15) is 0 Å². The largest absolute Gasteiger partial charge is 0.459 e. The molecule has 0 spiro atoms. The Hall–Kier alpha value is -1.75. The van der Waals surface area contributed by atoms with Crippen molar-refractivity contribution in [1.29, 1.82) is 0 Å². The third-order valence-corrected chi connectivity index (χ3v) is 2.22. The van der Waals surface area contributed by atoms with Crippen LogP contribution in [0.5, 0.6) is 0 Å². The van der Waals surface area contributed by atoms with Crippen LogP contribution in [-0.2, 0) is 14.9 Å². The summed E-state index contributed by atoms with van der Waals surface area (Å²) in [6.07, 6.45) is 0.